The molecule has 2 aliphatic heterocycles. The van der Waals surface area contributed by atoms with Gasteiger partial charge in [0.1, 0.15) is 5.03 Å². The van der Waals surface area contributed by atoms with Crippen LogP contribution in [0.25, 0.3) is 0 Å². The summed E-state index contributed by atoms with van der Waals surface area (Å²) < 4.78 is 0. The van der Waals surface area contributed by atoms with Gasteiger partial charge in [0.15, 0.2) is 0 Å². The molecule has 2 amide bonds. The van der Waals surface area contributed by atoms with Crippen LogP contribution in [0.2, 0.25) is 0 Å². The Kier molecular flexibility index (Phi) is 8.17. The van der Waals surface area contributed by atoms with E-state index in [1.54, 1.807) is 6.20 Å². The van der Waals surface area contributed by atoms with Crippen molar-refractivity contribution in [2.75, 3.05) is 52.1 Å². The molecule has 7 heteroatoms. The summed E-state index contributed by atoms with van der Waals surface area (Å²) in [6.45, 7) is 10.1. The monoisotopic (exact) mass is 432 g/mol. The van der Waals surface area contributed by atoms with Crippen molar-refractivity contribution < 1.29 is 9.59 Å². The van der Waals surface area contributed by atoms with Gasteiger partial charge in [0.05, 0.1) is 12.1 Å². The van der Waals surface area contributed by atoms with Crippen molar-refractivity contribution in [1.29, 1.82) is 0 Å². The summed E-state index contributed by atoms with van der Waals surface area (Å²) in [7, 11) is 0. The van der Waals surface area contributed by atoms with Crippen molar-refractivity contribution in [3.8, 4) is 0 Å². The standard InChI is InChI=1S/C23H36N4O2S/c1-4-12-25(13-5-2)17-20(28)27-16-10-23(18-27)8-14-26(15-9-23)22(29)19-7-6-11-24-21(19)30-3/h6-7,11H,4-5,8-10,12-18H2,1-3H3. The summed E-state index contributed by atoms with van der Waals surface area (Å²) in [5.74, 6) is 0.357. The van der Waals surface area contributed by atoms with Gasteiger partial charge < -0.3 is 9.80 Å². The largest absolute Gasteiger partial charge is 0.341 e. The third kappa shape index (κ3) is 5.35. The fraction of sp³-hybridized carbons (Fsp3) is 0.696. The summed E-state index contributed by atoms with van der Waals surface area (Å²) in [5, 5.41) is 0.795. The highest BCUT2D eigenvalue weighted by atomic mass is 32.2. The molecule has 0 aliphatic carbocycles. The molecule has 0 N–H and O–H groups in total. The Balaban J connectivity index is 1.54. The Labute approximate surface area is 185 Å². The highest BCUT2D eigenvalue weighted by Crippen LogP contribution is 2.40. The van der Waals surface area contributed by atoms with Crippen molar-refractivity contribution in [3.05, 3.63) is 23.9 Å². The van der Waals surface area contributed by atoms with Crippen LogP contribution in [0.15, 0.2) is 23.4 Å². The summed E-state index contributed by atoms with van der Waals surface area (Å²) in [4.78, 5) is 36.5. The number of pyridine rings is 1. The lowest BCUT2D eigenvalue weighted by Gasteiger charge is -2.39. The number of hydrogen-bond acceptors (Lipinski definition) is 5. The number of thioether (sulfide) groups is 1. The van der Waals surface area contributed by atoms with E-state index in [2.05, 4.69) is 28.6 Å². The number of nitrogens with zero attached hydrogens (tertiary/aromatic N) is 4. The maximum absolute atomic E-state index is 13.0. The van der Waals surface area contributed by atoms with Gasteiger partial charge in [0.25, 0.3) is 5.91 Å². The molecular formula is C23H36N4O2S. The van der Waals surface area contributed by atoms with E-state index < -0.39 is 0 Å². The highest BCUT2D eigenvalue weighted by molar-refractivity contribution is 7.98. The van der Waals surface area contributed by atoms with Gasteiger partial charge in [-0.3, -0.25) is 14.5 Å². The molecule has 0 atom stereocenters. The number of amides is 2. The smallest absolute Gasteiger partial charge is 0.256 e. The molecule has 6 nitrogen and oxygen atoms in total. The van der Waals surface area contributed by atoms with E-state index in [-0.39, 0.29) is 17.2 Å². The molecule has 2 fully saturated rings. The zero-order chi connectivity index (χ0) is 21.6. The van der Waals surface area contributed by atoms with E-state index in [9.17, 15) is 9.59 Å². The number of carbonyl (C=O) groups is 2. The Bertz CT molecular complexity index is 728. The van der Waals surface area contributed by atoms with Crippen LogP contribution in [0.5, 0.6) is 0 Å². The zero-order valence-corrected chi connectivity index (χ0v) is 19.5. The van der Waals surface area contributed by atoms with Crippen LogP contribution in [-0.2, 0) is 4.79 Å². The van der Waals surface area contributed by atoms with Crippen LogP contribution in [-0.4, -0.2) is 83.6 Å². The van der Waals surface area contributed by atoms with Gasteiger partial charge in [-0.25, -0.2) is 4.98 Å². The molecule has 1 aromatic heterocycles. The number of rotatable bonds is 8. The van der Waals surface area contributed by atoms with Crippen molar-refractivity contribution >= 4 is 23.6 Å². The van der Waals surface area contributed by atoms with Gasteiger partial charge in [-0.2, -0.15) is 0 Å². The quantitative estimate of drug-likeness (QED) is 0.590. The average Bonchev–Trinajstić information content (AvgIpc) is 3.18. The third-order valence-corrected chi connectivity index (χ3v) is 7.25. The Hall–Kier alpha value is -1.60. The fourth-order valence-corrected chi connectivity index (χ4v) is 5.36. The van der Waals surface area contributed by atoms with E-state index in [1.807, 2.05) is 23.3 Å². The second-order valence-corrected chi connectivity index (χ2v) is 9.49. The number of piperidine rings is 1. The van der Waals surface area contributed by atoms with Crippen LogP contribution in [0.1, 0.15) is 56.3 Å². The molecule has 2 saturated heterocycles. The van der Waals surface area contributed by atoms with Crippen molar-refractivity contribution in [3.63, 3.8) is 0 Å². The molecule has 1 spiro atoms. The zero-order valence-electron chi connectivity index (χ0n) is 18.7. The highest BCUT2D eigenvalue weighted by Gasteiger charge is 2.43. The SMILES string of the molecule is CCCN(CCC)CC(=O)N1CCC2(CCN(C(=O)c3cccnc3SC)CC2)C1. The number of carbonyl (C=O) groups excluding carboxylic acids is 2. The summed E-state index contributed by atoms with van der Waals surface area (Å²) in [6, 6.07) is 3.71. The molecule has 0 unspecified atom stereocenters. The summed E-state index contributed by atoms with van der Waals surface area (Å²) >= 11 is 1.51. The molecule has 0 aromatic carbocycles. The summed E-state index contributed by atoms with van der Waals surface area (Å²) in [6.07, 6.45) is 8.87. The molecule has 30 heavy (non-hydrogen) atoms. The van der Waals surface area contributed by atoms with Crippen molar-refractivity contribution in [1.82, 2.24) is 19.7 Å². The van der Waals surface area contributed by atoms with Gasteiger partial charge in [-0.1, -0.05) is 13.8 Å². The number of hydrogen-bond donors (Lipinski definition) is 0. The fourth-order valence-electron chi connectivity index (χ4n) is 4.82. The first-order valence-corrected chi connectivity index (χ1v) is 12.5. The van der Waals surface area contributed by atoms with Gasteiger partial charge >= 0.3 is 0 Å². The first-order valence-electron chi connectivity index (χ1n) is 11.3. The lowest BCUT2D eigenvalue weighted by molar-refractivity contribution is -0.132. The third-order valence-electron chi connectivity index (χ3n) is 6.54. The molecule has 166 valence electrons. The van der Waals surface area contributed by atoms with Crippen LogP contribution < -0.4 is 0 Å². The number of aromatic nitrogens is 1. The average molecular weight is 433 g/mol. The molecule has 3 heterocycles. The minimum absolute atomic E-state index is 0.0861. The van der Waals surface area contributed by atoms with Gasteiger partial charge in [0.2, 0.25) is 5.91 Å². The van der Waals surface area contributed by atoms with Crippen molar-refractivity contribution in [2.45, 2.75) is 51.0 Å². The maximum atomic E-state index is 13.0. The number of likely N-dealkylation sites (tertiary alicyclic amines) is 2. The predicted molar refractivity (Wildman–Crippen MR) is 122 cm³/mol. The molecule has 0 bridgehead atoms. The van der Waals surface area contributed by atoms with Crippen molar-refractivity contribution in [2.24, 2.45) is 5.41 Å². The van der Waals surface area contributed by atoms with E-state index >= 15 is 0 Å². The van der Waals surface area contributed by atoms with E-state index in [0.717, 1.165) is 76.4 Å². The van der Waals surface area contributed by atoms with Gasteiger partial charge in [-0.15, -0.1) is 11.8 Å². The molecule has 3 rings (SSSR count). The first kappa shape index (κ1) is 23.1. The van der Waals surface area contributed by atoms with Gasteiger partial charge in [-0.05, 0) is 69.0 Å². The molecule has 0 saturated carbocycles. The van der Waals surface area contributed by atoms with Crippen LogP contribution in [0, 0.1) is 5.41 Å². The maximum Gasteiger partial charge on any atom is 0.256 e. The Morgan fingerprint density at radius 2 is 1.73 bits per heavy atom. The second-order valence-electron chi connectivity index (χ2n) is 8.69. The molecule has 2 aliphatic rings. The van der Waals surface area contributed by atoms with E-state index in [4.69, 9.17) is 0 Å². The Morgan fingerprint density at radius 3 is 2.33 bits per heavy atom. The van der Waals surface area contributed by atoms with Crippen LogP contribution >= 0.6 is 11.8 Å². The molecular weight excluding hydrogens is 396 g/mol. The second kappa shape index (κ2) is 10.6. The minimum Gasteiger partial charge on any atom is -0.341 e. The predicted octanol–water partition coefficient (Wildman–Crippen LogP) is 3.38. The lowest BCUT2D eigenvalue weighted by atomic mass is 9.77. The van der Waals surface area contributed by atoms with Crippen LogP contribution in [0.3, 0.4) is 0 Å². The van der Waals surface area contributed by atoms with E-state index in [1.165, 1.54) is 11.8 Å². The topological polar surface area (TPSA) is 56.8 Å². The van der Waals surface area contributed by atoms with Gasteiger partial charge in [0, 0.05) is 32.4 Å². The molecule has 1 aromatic rings. The lowest BCUT2D eigenvalue weighted by Crippen LogP contribution is -2.45. The Morgan fingerprint density at radius 1 is 1.10 bits per heavy atom. The van der Waals surface area contributed by atoms with Crippen LogP contribution in [0.4, 0.5) is 0 Å². The van der Waals surface area contributed by atoms with E-state index in [0.29, 0.717) is 12.1 Å². The minimum atomic E-state index is 0.0861. The molecule has 0 radical (unpaired) electrons. The normalized spacial score (nSPS) is 18.4. The first-order chi connectivity index (χ1) is 14.5. The summed E-state index contributed by atoms with van der Waals surface area (Å²) in [5.41, 5.74) is 0.889.